The fourth-order valence-corrected chi connectivity index (χ4v) is 1.01. The molecule has 0 fully saturated rings. The molecule has 0 aliphatic carbocycles. The van der Waals surface area contributed by atoms with Crippen molar-refractivity contribution in [1.82, 2.24) is 4.98 Å². The summed E-state index contributed by atoms with van der Waals surface area (Å²) in [5.74, 6) is 0. The second-order valence-corrected chi connectivity index (χ2v) is 2.70. The van der Waals surface area contributed by atoms with Crippen molar-refractivity contribution in [3.8, 4) is 6.07 Å². The summed E-state index contributed by atoms with van der Waals surface area (Å²) in [5.41, 5.74) is -0.959. The van der Waals surface area contributed by atoms with Crippen LogP contribution < -0.4 is 0 Å². The first-order valence-electron chi connectivity index (χ1n) is 4.11. The Labute approximate surface area is 84.7 Å². The molecule has 0 amide bonds. The SMILES string of the molecule is N#CCC=Cc1ncccc1C(F)(F)F. The third-order valence-corrected chi connectivity index (χ3v) is 1.63. The van der Waals surface area contributed by atoms with Crippen LogP contribution in [0.1, 0.15) is 17.7 Å². The maximum atomic E-state index is 12.4. The Hall–Kier alpha value is -1.83. The van der Waals surface area contributed by atoms with Gasteiger partial charge >= 0.3 is 6.18 Å². The summed E-state index contributed by atoms with van der Waals surface area (Å²) in [6.07, 6.45) is -0.528. The Morgan fingerprint density at radius 2 is 2.20 bits per heavy atom. The van der Waals surface area contributed by atoms with Gasteiger partial charge in [0, 0.05) is 6.20 Å². The van der Waals surface area contributed by atoms with Gasteiger partial charge in [-0.05, 0) is 18.2 Å². The average molecular weight is 212 g/mol. The van der Waals surface area contributed by atoms with Gasteiger partial charge in [-0.3, -0.25) is 4.98 Å². The average Bonchev–Trinajstić information content (AvgIpc) is 2.17. The summed E-state index contributed by atoms with van der Waals surface area (Å²) in [6, 6.07) is 3.98. The molecule has 2 nitrogen and oxygen atoms in total. The van der Waals surface area contributed by atoms with Crippen molar-refractivity contribution in [2.45, 2.75) is 12.6 Å². The van der Waals surface area contributed by atoms with E-state index in [1.165, 1.54) is 24.4 Å². The minimum atomic E-state index is -4.42. The molecule has 0 bridgehead atoms. The van der Waals surface area contributed by atoms with Crippen LogP contribution in [0.5, 0.6) is 0 Å². The summed E-state index contributed by atoms with van der Waals surface area (Å²) in [7, 11) is 0. The van der Waals surface area contributed by atoms with Crippen LogP contribution in [0.4, 0.5) is 13.2 Å². The molecule has 0 aliphatic heterocycles. The van der Waals surface area contributed by atoms with E-state index in [0.717, 1.165) is 6.07 Å². The molecule has 78 valence electrons. The van der Waals surface area contributed by atoms with Crippen molar-refractivity contribution >= 4 is 6.08 Å². The molecule has 1 heterocycles. The van der Waals surface area contributed by atoms with Gasteiger partial charge in [-0.1, -0.05) is 6.08 Å². The third-order valence-electron chi connectivity index (χ3n) is 1.63. The van der Waals surface area contributed by atoms with Crippen LogP contribution in [0.25, 0.3) is 6.08 Å². The molecule has 1 aromatic rings. The standard InChI is InChI=1S/C10H7F3N2/c11-10(12,13)8-4-3-7-15-9(8)5-1-2-6-14/h1,3-5,7H,2H2. The zero-order valence-corrected chi connectivity index (χ0v) is 7.62. The van der Waals surface area contributed by atoms with E-state index < -0.39 is 11.7 Å². The molecule has 0 radical (unpaired) electrons. The number of halogens is 3. The molecule has 0 saturated heterocycles. The summed E-state index contributed by atoms with van der Waals surface area (Å²) < 4.78 is 37.3. The first-order chi connectivity index (χ1) is 7.05. The number of nitrogens with zero attached hydrogens (tertiary/aromatic N) is 2. The highest BCUT2D eigenvalue weighted by molar-refractivity contribution is 5.50. The number of hydrogen-bond donors (Lipinski definition) is 0. The number of rotatable bonds is 2. The Bertz CT molecular complexity index is 402. The van der Waals surface area contributed by atoms with Gasteiger partial charge in [0.15, 0.2) is 0 Å². The van der Waals surface area contributed by atoms with Gasteiger partial charge in [-0.25, -0.2) is 0 Å². The Morgan fingerprint density at radius 3 is 2.80 bits per heavy atom. The van der Waals surface area contributed by atoms with E-state index in [1.54, 1.807) is 6.07 Å². The summed E-state index contributed by atoms with van der Waals surface area (Å²) in [6.45, 7) is 0. The first-order valence-corrected chi connectivity index (χ1v) is 4.11. The number of allylic oxidation sites excluding steroid dienone is 1. The molecule has 0 aliphatic rings. The van der Waals surface area contributed by atoms with E-state index >= 15 is 0 Å². The minimum Gasteiger partial charge on any atom is -0.256 e. The molecule has 0 aromatic carbocycles. The highest BCUT2D eigenvalue weighted by atomic mass is 19.4. The lowest BCUT2D eigenvalue weighted by Crippen LogP contribution is -2.08. The second kappa shape index (κ2) is 4.60. The van der Waals surface area contributed by atoms with Crippen molar-refractivity contribution in [2.75, 3.05) is 0 Å². The van der Waals surface area contributed by atoms with E-state index in [-0.39, 0.29) is 12.1 Å². The molecule has 15 heavy (non-hydrogen) atoms. The predicted molar refractivity (Wildman–Crippen MR) is 48.5 cm³/mol. The lowest BCUT2D eigenvalue weighted by Gasteiger charge is -2.08. The van der Waals surface area contributed by atoms with Crippen LogP contribution in [-0.4, -0.2) is 4.98 Å². The van der Waals surface area contributed by atoms with Gasteiger partial charge in [0.25, 0.3) is 0 Å². The molecule has 0 N–H and O–H groups in total. The third kappa shape index (κ3) is 3.09. The number of nitriles is 1. The monoisotopic (exact) mass is 212 g/mol. The van der Waals surface area contributed by atoms with Gasteiger partial charge in [-0.2, -0.15) is 18.4 Å². The van der Waals surface area contributed by atoms with Crippen molar-refractivity contribution in [1.29, 1.82) is 5.26 Å². The number of aromatic nitrogens is 1. The van der Waals surface area contributed by atoms with E-state index in [1.807, 2.05) is 0 Å². The maximum Gasteiger partial charge on any atom is 0.418 e. The minimum absolute atomic E-state index is 0.0634. The fraction of sp³-hybridized carbons (Fsp3) is 0.200. The quantitative estimate of drug-likeness (QED) is 0.755. The molecule has 5 heteroatoms. The van der Waals surface area contributed by atoms with E-state index in [4.69, 9.17) is 5.26 Å². The van der Waals surface area contributed by atoms with E-state index in [0.29, 0.717) is 0 Å². The summed E-state index contributed by atoms with van der Waals surface area (Å²) in [4.78, 5) is 3.60. The molecular weight excluding hydrogens is 205 g/mol. The van der Waals surface area contributed by atoms with Crippen LogP contribution >= 0.6 is 0 Å². The molecular formula is C10H7F3N2. The number of pyridine rings is 1. The lowest BCUT2D eigenvalue weighted by molar-refractivity contribution is -0.138. The fourth-order valence-electron chi connectivity index (χ4n) is 1.01. The van der Waals surface area contributed by atoms with Gasteiger partial charge < -0.3 is 0 Å². The molecule has 0 atom stereocenters. The maximum absolute atomic E-state index is 12.4. The van der Waals surface area contributed by atoms with Crippen LogP contribution in [0.15, 0.2) is 24.4 Å². The highest BCUT2D eigenvalue weighted by Gasteiger charge is 2.32. The topological polar surface area (TPSA) is 36.7 Å². The smallest absolute Gasteiger partial charge is 0.256 e. The van der Waals surface area contributed by atoms with Crippen LogP contribution in [-0.2, 0) is 6.18 Å². The van der Waals surface area contributed by atoms with Crippen molar-refractivity contribution in [3.63, 3.8) is 0 Å². The number of alkyl halides is 3. The largest absolute Gasteiger partial charge is 0.418 e. The Balaban J connectivity index is 3.03. The van der Waals surface area contributed by atoms with Crippen molar-refractivity contribution in [2.24, 2.45) is 0 Å². The predicted octanol–water partition coefficient (Wildman–Crippen LogP) is 3.03. The first kappa shape index (κ1) is 11.2. The molecule has 0 unspecified atom stereocenters. The molecule has 1 rings (SSSR count). The normalized spacial score (nSPS) is 11.6. The van der Waals surface area contributed by atoms with E-state index in [2.05, 4.69) is 4.98 Å². The van der Waals surface area contributed by atoms with Gasteiger partial charge in [0.05, 0.1) is 23.7 Å². The Morgan fingerprint density at radius 1 is 1.47 bits per heavy atom. The Kier molecular flexibility index (Phi) is 3.45. The zero-order chi connectivity index (χ0) is 11.3. The van der Waals surface area contributed by atoms with Crippen LogP contribution in [0, 0.1) is 11.3 Å². The lowest BCUT2D eigenvalue weighted by atomic mass is 10.1. The summed E-state index contributed by atoms with van der Waals surface area (Å²) >= 11 is 0. The van der Waals surface area contributed by atoms with E-state index in [9.17, 15) is 13.2 Å². The molecule has 0 saturated carbocycles. The van der Waals surface area contributed by atoms with Gasteiger partial charge in [0.1, 0.15) is 0 Å². The van der Waals surface area contributed by atoms with Crippen molar-refractivity contribution < 1.29 is 13.2 Å². The van der Waals surface area contributed by atoms with Crippen LogP contribution in [0.3, 0.4) is 0 Å². The van der Waals surface area contributed by atoms with Crippen LogP contribution in [0.2, 0.25) is 0 Å². The van der Waals surface area contributed by atoms with Gasteiger partial charge in [0.2, 0.25) is 0 Å². The molecule has 1 aromatic heterocycles. The van der Waals surface area contributed by atoms with Gasteiger partial charge in [-0.15, -0.1) is 0 Å². The second-order valence-electron chi connectivity index (χ2n) is 2.70. The highest BCUT2D eigenvalue weighted by Crippen LogP contribution is 2.31. The molecule has 0 spiro atoms. The number of hydrogen-bond acceptors (Lipinski definition) is 2. The van der Waals surface area contributed by atoms with Crippen molar-refractivity contribution in [3.05, 3.63) is 35.7 Å². The summed E-state index contributed by atoms with van der Waals surface area (Å²) in [5, 5.41) is 8.23. The zero-order valence-electron chi connectivity index (χ0n) is 7.62.